The van der Waals surface area contributed by atoms with Gasteiger partial charge in [-0.2, -0.15) is 5.10 Å². The fraction of sp³-hybridized carbons (Fsp3) is 0.400. The van der Waals surface area contributed by atoms with Crippen molar-refractivity contribution >= 4 is 11.7 Å². The Kier molecular flexibility index (Phi) is 4.05. The first-order valence-electron chi connectivity index (χ1n) is 4.89. The molecule has 4 N–H and O–H groups in total. The summed E-state index contributed by atoms with van der Waals surface area (Å²) in [6, 6.07) is 1.22. The topological polar surface area (TPSA) is 83.8 Å². The number of hydrogen-bond acceptors (Lipinski definition) is 3. The van der Waals surface area contributed by atoms with Crippen LogP contribution in [0.25, 0.3) is 0 Å². The van der Waals surface area contributed by atoms with E-state index >= 15 is 0 Å². The van der Waals surface area contributed by atoms with E-state index in [2.05, 4.69) is 22.1 Å². The van der Waals surface area contributed by atoms with E-state index in [-0.39, 0.29) is 5.91 Å². The van der Waals surface area contributed by atoms with Crippen molar-refractivity contribution in [1.29, 1.82) is 0 Å². The van der Waals surface area contributed by atoms with Gasteiger partial charge in [-0.25, -0.2) is 0 Å². The number of carbonyl (C=O) groups excluding carboxylic acids is 1. The number of nitrogens with one attached hydrogen (secondary N) is 2. The van der Waals surface area contributed by atoms with Gasteiger partial charge in [-0.3, -0.25) is 9.89 Å². The molecule has 1 heterocycles. The van der Waals surface area contributed by atoms with E-state index in [0.29, 0.717) is 12.2 Å². The molecule has 0 spiro atoms. The van der Waals surface area contributed by atoms with Gasteiger partial charge in [-0.1, -0.05) is 13.0 Å². The van der Waals surface area contributed by atoms with Crippen molar-refractivity contribution in [3.8, 4) is 0 Å². The number of aryl methyl sites for hydroxylation is 1. The fourth-order valence-electron chi connectivity index (χ4n) is 1.11. The molecule has 0 aliphatic rings. The van der Waals surface area contributed by atoms with E-state index in [0.717, 1.165) is 12.1 Å². The van der Waals surface area contributed by atoms with Crippen molar-refractivity contribution in [3.05, 3.63) is 24.4 Å². The van der Waals surface area contributed by atoms with Crippen molar-refractivity contribution < 1.29 is 4.79 Å². The van der Waals surface area contributed by atoms with E-state index in [1.165, 1.54) is 0 Å². The van der Waals surface area contributed by atoms with Crippen LogP contribution in [-0.4, -0.2) is 22.1 Å². The highest BCUT2D eigenvalue weighted by Gasteiger charge is 2.12. The van der Waals surface area contributed by atoms with Gasteiger partial charge in [0.15, 0.2) is 5.82 Å². The van der Waals surface area contributed by atoms with Crippen molar-refractivity contribution in [2.45, 2.75) is 25.8 Å². The van der Waals surface area contributed by atoms with Crippen LogP contribution >= 0.6 is 0 Å². The second-order valence-corrected chi connectivity index (χ2v) is 3.25. The molecule has 0 radical (unpaired) electrons. The maximum Gasteiger partial charge on any atom is 0.242 e. The number of anilines is 1. The average Bonchev–Trinajstić information content (AvgIpc) is 2.66. The lowest BCUT2D eigenvalue weighted by molar-refractivity contribution is -0.117. The SMILES string of the molecule is C=CCC(N)C(=O)Nc1cc(CC)[nH]n1. The number of hydrogen-bond donors (Lipinski definition) is 3. The summed E-state index contributed by atoms with van der Waals surface area (Å²) in [6.45, 7) is 5.53. The fourth-order valence-corrected chi connectivity index (χ4v) is 1.11. The molecule has 0 fully saturated rings. The second kappa shape index (κ2) is 5.31. The summed E-state index contributed by atoms with van der Waals surface area (Å²) < 4.78 is 0. The lowest BCUT2D eigenvalue weighted by Gasteiger charge is -2.07. The number of rotatable bonds is 5. The first-order chi connectivity index (χ1) is 7.17. The first-order valence-corrected chi connectivity index (χ1v) is 4.89. The molecule has 1 atom stereocenters. The number of aromatic amines is 1. The van der Waals surface area contributed by atoms with Crippen LogP contribution in [-0.2, 0) is 11.2 Å². The van der Waals surface area contributed by atoms with Crippen molar-refractivity contribution in [2.24, 2.45) is 5.73 Å². The van der Waals surface area contributed by atoms with Gasteiger partial charge in [0.2, 0.25) is 5.91 Å². The van der Waals surface area contributed by atoms with Crippen LogP contribution in [0.2, 0.25) is 0 Å². The quantitative estimate of drug-likeness (QED) is 0.626. The van der Waals surface area contributed by atoms with Crippen LogP contribution in [0.5, 0.6) is 0 Å². The predicted octanol–water partition coefficient (Wildman–Crippen LogP) is 0.814. The van der Waals surface area contributed by atoms with Crippen LogP contribution in [0.1, 0.15) is 19.0 Å². The summed E-state index contributed by atoms with van der Waals surface area (Å²) in [5.74, 6) is 0.264. The Morgan fingerprint density at radius 1 is 1.87 bits per heavy atom. The standard InChI is InChI=1S/C10H16N4O/c1-3-5-8(11)10(15)12-9-6-7(4-2)13-14-9/h3,6,8H,1,4-5,11H2,2H3,(H2,12,13,14,15). The summed E-state index contributed by atoms with van der Waals surface area (Å²) in [4.78, 5) is 11.5. The third-order valence-electron chi connectivity index (χ3n) is 2.02. The third kappa shape index (κ3) is 3.21. The van der Waals surface area contributed by atoms with Crippen LogP contribution in [0.3, 0.4) is 0 Å². The first kappa shape index (κ1) is 11.5. The zero-order valence-electron chi connectivity index (χ0n) is 8.79. The van der Waals surface area contributed by atoms with Crippen LogP contribution in [0.15, 0.2) is 18.7 Å². The van der Waals surface area contributed by atoms with Gasteiger partial charge in [-0.05, 0) is 12.8 Å². The molecule has 0 saturated heterocycles. The summed E-state index contributed by atoms with van der Waals surface area (Å²) in [6.07, 6.45) is 2.92. The van der Waals surface area contributed by atoms with Gasteiger partial charge in [0.1, 0.15) is 0 Å². The van der Waals surface area contributed by atoms with Gasteiger partial charge >= 0.3 is 0 Å². The van der Waals surface area contributed by atoms with Crippen LogP contribution in [0.4, 0.5) is 5.82 Å². The Bertz CT molecular complexity index is 345. The lowest BCUT2D eigenvalue weighted by atomic mass is 10.2. The summed E-state index contributed by atoms with van der Waals surface area (Å²) >= 11 is 0. The molecule has 0 bridgehead atoms. The van der Waals surface area contributed by atoms with E-state index in [4.69, 9.17) is 5.73 Å². The molecule has 0 aromatic carbocycles. The Morgan fingerprint density at radius 3 is 3.13 bits per heavy atom. The molecule has 0 saturated carbocycles. The highest BCUT2D eigenvalue weighted by molar-refractivity contribution is 5.93. The summed E-state index contributed by atoms with van der Waals surface area (Å²) in [5, 5.41) is 9.36. The second-order valence-electron chi connectivity index (χ2n) is 3.25. The molecule has 1 amide bonds. The molecule has 0 aliphatic carbocycles. The number of carbonyl (C=O) groups is 1. The third-order valence-corrected chi connectivity index (χ3v) is 2.02. The Labute approximate surface area is 88.7 Å². The van der Waals surface area contributed by atoms with Gasteiger partial charge < -0.3 is 11.1 Å². The number of amides is 1. The predicted molar refractivity (Wildman–Crippen MR) is 59.4 cm³/mol. The van der Waals surface area contributed by atoms with Gasteiger partial charge in [0.25, 0.3) is 0 Å². The normalized spacial score (nSPS) is 12.1. The molecular weight excluding hydrogens is 192 g/mol. The average molecular weight is 208 g/mol. The number of H-pyrrole nitrogens is 1. The molecule has 1 unspecified atom stereocenters. The largest absolute Gasteiger partial charge is 0.320 e. The Balaban J connectivity index is 2.53. The number of nitrogens with two attached hydrogens (primary N) is 1. The molecule has 1 aromatic rings. The minimum absolute atomic E-state index is 0.246. The molecule has 1 aromatic heterocycles. The van der Waals surface area contributed by atoms with E-state index in [1.807, 2.05) is 6.92 Å². The molecule has 5 heteroatoms. The van der Waals surface area contributed by atoms with Crippen LogP contribution < -0.4 is 11.1 Å². The Hall–Kier alpha value is -1.62. The summed E-state index contributed by atoms with van der Waals surface area (Å²) in [5.41, 5.74) is 6.57. The smallest absolute Gasteiger partial charge is 0.242 e. The molecule has 1 rings (SSSR count). The molecule has 0 aliphatic heterocycles. The van der Waals surface area contributed by atoms with E-state index < -0.39 is 6.04 Å². The zero-order valence-corrected chi connectivity index (χ0v) is 8.79. The zero-order chi connectivity index (χ0) is 11.3. The number of nitrogens with zero attached hydrogens (tertiary/aromatic N) is 1. The monoisotopic (exact) mass is 208 g/mol. The maximum absolute atomic E-state index is 11.5. The molecule has 15 heavy (non-hydrogen) atoms. The van der Waals surface area contributed by atoms with Crippen molar-refractivity contribution in [2.75, 3.05) is 5.32 Å². The van der Waals surface area contributed by atoms with E-state index in [1.54, 1.807) is 12.1 Å². The highest BCUT2D eigenvalue weighted by Crippen LogP contribution is 2.06. The van der Waals surface area contributed by atoms with Crippen LogP contribution in [0, 0.1) is 0 Å². The van der Waals surface area contributed by atoms with Gasteiger partial charge in [-0.15, -0.1) is 6.58 Å². The molecule has 5 nitrogen and oxygen atoms in total. The molecular formula is C10H16N4O. The lowest BCUT2D eigenvalue weighted by Crippen LogP contribution is -2.35. The Morgan fingerprint density at radius 2 is 2.60 bits per heavy atom. The van der Waals surface area contributed by atoms with Crippen molar-refractivity contribution in [1.82, 2.24) is 10.2 Å². The summed E-state index contributed by atoms with van der Waals surface area (Å²) in [7, 11) is 0. The number of aromatic nitrogens is 2. The minimum atomic E-state index is -0.565. The van der Waals surface area contributed by atoms with Gasteiger partial charge in [0, 0.05) is 11.8 Å². The van der Waals surface area contributed by atoms with E-state index in [9.17, 15) is 4.79 Å². The van der Waals surface area contributed by atoms with Crippen molar-refractivity contribution in [3.63, 3.8) is 0 Å². The minimum Gasteiger partial charge on any atom is -0.320 e. The maximum atomic E-state index is 11.5. The van der Waals surface area contributed by atoms with Gasteiger partial charge in [0.05, 0.1) is 6.04 Å². The molecule has 82 valence electrons. The highest BCUT2D eigenvalue weighted by atomic mass is 16.2.